The summed E-state index contributed by atoms with van der Waals surface area (Å²) in [5, 5.41) is 9.61. The Bertz CT molecular complexity index is 1330. The SMILES string of the molecule is O=C(O)c1cc(Oc2ccc(Oc3ccccc3)cc2)ccc1S(=O)(=O)c1ccccc1. The number of carboxylic acids is 1. The first-order valence-corrected chi connectivity index (χ1v) is 11.1. The van der Waals surface area contributed by atoms with E-state index in [1.807, 2.05) is 30.3 Å². The van der Waals surface area contributed by atoms with Crippen molar-refractivity contribution in [1.82, 2.24) is 0 Å². The maximum Gasteiger partial charge on any atom is 0.337 e. The Morgan fingerprint density at radius 1 is 0.625 bits per heavy atom. The van der Waals surface area contributed by atoms with Crippen LogP contribution in [-0.2, 0) is 9.84 Å². The molecular formula is C25H18O6S. The second-order valence-corrected chi connectivity index (χ2v) is 8.69. The minimum Gasteiger partial charge on any atom is -0.478 e. The average molecular weight is 446 g/mol. The van der Waals surface area contributed by atoms with Crippen molar-refractivity contribution < 1.29 is 27.8 Å². The highest BCUT2D eigenvalue weighted by Crippen LogP contribution is 2.31. The zero-order valence-electron chi connectivity index (χ0n) is 16.7. The number of sulfone groups is 1. The van der Waals surface area contributed by atoms with E-state index in [1.165, 1.54) is 30.3 Å². The van der Waals surface area contributed by atoms with Crippen LogP contribution in [0.5, 0.6) is 23.0 Å². The molecule has 0 saturated carbocycles. The third-order valence-electron chi connectivity index (χ3n) is 4.56. The summed E-state index contributed by atoms with van der Waals surface area (Å²) in [6.07, 6.45) is 0. The van der Waals surface area contributed by atoms with E-state index in [0.717, 1.165) is 0 Å². The monoisotopic (exact) mass is 446 g/mol. The van der Waals surface area contributed by atoms with E-state index < -0.39 is 15.8 Å². The van der Waals surface area contributed by atoms with Crippen molar-refractivity contribution in [3.8, 4) is 23.0 Å². The van der Waals surface area contributed by atoms with E-state index in [4.69, 9.17) is 9.47 Å². The van der Waals surface area contributed by atoms with Crippen LogP contribution in [0.15, 0.2) is 113 Å². The lowest BCUT2D eigenvalue weighted by Gasteiger charge is -2.12. The number of carboxylic acid groups (broad SMARTS) is 1. The molecule has 0 heterocycles. The highest BCUT2D eigenvalue weighted by molar-refractivity contribution is 7.91. The van der Waals surface area contributed by atoms with Gasteiger partial charge in [0.05, 0.1) is 15.4 Å². The average Bonchev–Trinajstić information content (AvgIpc) is 2.81. The molecule has 4 aromatic carbocycles. The smallest absolute Gasteiger partial charge is 0.337 e. The zero-order valence-corrected chi connectivity index (χ0v) is 17.5. The van der Waals surface area contributed by atoms with Gasteiger partial charge in [0, 0.05) is 0 Å². The quantitative estimate of drug-likeness (QED) is 0.386. The molecule has 7 heteroatoms. The molecule has 0 bridgehead atoms. The number of rotatable bonds is 7. The van der Waals surface area contributed by atoms with Crippen LogP contribution < -0.4 is 9.47 Å². The number of hydrogen-bond donors (Lipinski definition) is 1. The normalized spacial score (nSPS) is 11.0. The van der Waals surface area contributed by atoms with Gasteiger partial charge in [-0.25, -0.2) is 13.2 Å². The van der Waals surface area contributed by atoms with E-state index in [9.17, 15) is 18.3 Å². The Hall–Kier alpha value is -4.10. The molecule has 4 aromatic rings. The molecule has 32 heavy (non-hydrogen) atoms. The first-order chi connectivity index (χ1) is 15.4. The minimum atomic E-state index is -3.99. The number of aromatic carboxylic acids is 1. The molecule has 0 aliphatic heterocycles. The molecule has 0 fully saturated rings. The predicted octanol–water partition coefficient (Wildman–Crippen LogP) is 5.80. The largest absolute Gasteiger partial charge is 0.478 e. The van der Waals surface area contributed by atoms with Gasteiger partial charge < -0.3 is 14.6 Å². The third kappa shape index (κ3) is 4.63. The van der Waals surface area contributed by atoms with Crippen molar-refractivity contribution in [1.29, 1.82) is 0 Å². The Balaban J connectivity index is 1.57. The second-order valence-electron chi connectivity index (χ2n) is 6.77. The van der Waals surface area contributed by atoms with Crippen molar-refractivity contribution in [3.05, 3.63) is 109 Å². The molecular weight excluding hydrogens is 428 g/mol. The van der Waals surface area contributed by atoms with Gasteiger partial charge in [-0.2, -0.15) is 0 Å². The van der Waals surface area contributed by atoms with Gasteiger partial charge in [-0.1, -0.05) is 36.4 Å². The second kappa shape index (κ2) is 8.95. The molecule has 0 unspecified atom stereocenters. The van der Waals surface area contributed by atoms with Crippen molar-refractivity contribution in [3.63, 3.8) is 0 Å². The van der Waals surface area contributed by atoms with E-state index in [0.29, 0.717) is 17.2 Å². The van der Waals surface area contributed by atoms with Crippen molar-refractivity contribution in [2.24, 2.45) is 0 Å². The number of para-hydroxylation sites is 1. The van der Waals surface area contributed by atoms with Gasteiger partial charge in [-0.05, 0) is 66.7 Å². The Morgan fingerprint density at radius 2 is 1.09 bits per heavy atom. The molecule has 0 atom stereocenters. The molecule has 6 nitrogen and oxygen atoms in total. The van der Waals surface area contributed by atoms with Gasteiger partial charge in [0.1, 0.15) is 23.0 Å². The van der Waals surface area contributed by atoms with Crippen LogP contribution in [0.1, 0.15) is 10.4 Å². The highest BCUT2D eigenvalue weighted by Gasteiger charge is 2.25. The van der Waals surface area contributed by atoms with Gasteiger partial charge in [-0.3, -0.25) is 0 Å². The zero-order chi connectivity index (χ0) is 22.6. The van der Waals surface area contributed by atoms with Gasteiger partial charge in [-0.15, -0.1) is 0 Å². The Labute approximate surface area is 185 Å². The van der Waals surface area contributed by atoms with Crippen LogP contribution in [0.2, 0.25) is 0 Å². The lowest BCUT2D eigenvalue weighted by Crippen LogP contribution is -2.09. The van der Waals surface area contributed by atoms with E-state index in [1.54, 1.807) is 42.5 Å². The maximum absolute atomic E-state index is 12.9. The van der Waals surface area contributed by atoms with Gasteiger partial charge >= 0.3 is 5.97 Å². The number of hydrogen-bond acceptors (Lipinski definition) is 5. The summed E-state index contributed by atoms with van der Waals surface area (Å²) >= 11 is 0. The fourth-order valence-electron chi connectivity index (χ4n) is 3.04. The molecule has 0 radical (unpaired) electrons. The molecule has 0 saturated heterocycles. The van der Waals surface area contributed by atoms with E-state index >= 15 is 0 Å². The summed E-state index contributed by atoms with van der Waals surface area (Å²) in [6.45, 7) is 0. The first-order valence-electron chi connectivity index (χ1n) is 9.62. The van der Waals surface area contributed by atoms with Gasteiger partial charge in [0.25, 0.3) is 0 Å². The van der Waals surface area contributed by atoms with E-state index in [2.05, 4.69) is 0 Å². The van der Waals surface area contributed by atoms with Crippen LogP contribution in [0.3, 0.4) is 0 Å². The highest BCUT2D eigenvalue weighted by atomic mass is 32.2. The molecule has 160 valence electrons. The van der Waals surface area contributed by atoms with Crippen molar-refractivity contribution >= 4 is 15.8 Å². The summed E-state index contributed by atoms with van der Waals surface area (Å²) < 4.78 is 37.3. The summed E-state index contributed by atoms with van der Waals surface area (Å²) in [4.78, 5) is 11.5. The van der Waals surface area contributed by atoms with Crippen LogP contribution in [-0.4, -0.2) is 19.5 Å². The molecule has 0 aliphatic carbocycles. The molecule has 0 aliphatic rings. The topological polar surface area (TPSA) is 89.9 Å². The standard InChI is InChI=1S/C25H18O6S/c26-25(27)23-17-21(15-16-24(23)32(28,29)22-9-5-2-6-10-22)31-20-13-11-19(12-14-20)30-18-7-3-1-4-8-18/h1-17H,(H,26,27). The number of ether oxygens (including phenoxy) is 2. The first kappa shape index (κ1) is 21.1. The lowest BCUT2D eigenvalue weighted by molar-refractivity contribution is 0.0692. The maximum atomic E-state index is 12.9. The summed E-state index contributed by atoms with van der Waals surface area (Å²) in [6, 6.07) is 27.6. The van der Waals surface area contributed by atoms with E-state index in [-0.39, 0.29) is 21.1 Å². The molecule has 0 spiro atoms. The van der Waals surface area contributed by atoms with Crippen LogP contribution in [0.25, 0.3) is 0 Å². The molecule has 4 rings (SSSR count). The van der Waals surface area contributed by atoms with Crippen molar-refractivity contribution in [2.45, 2.75) is 9.79 Å². The number of carbonyl (C=O) groups is 1. The van der Waals surface area contributed by atoms with Gasteiger partial charge in [0.2, 0.25) is 9.84 Å². The fourth-order valence-corrected chi connectivity index (χ4v) is 4.49. The van der Waals surface area contributed by atoms with Crippen LogP contribution in [0, 0.1) is 0 Å². The fraction of sp³-hybridized carbons (Fsp3) is 0. The Morgan fingerprint density at radius 3 is 1.66 bits per heavy atom. The predicted molar refractivity (Wildman–Crippen MR) is 118 cm³/mol. The Kier molecular flexibility index (Phi) is 5.91. The molecule has 1 N–H and O–H groups in total. The summed E-state index contributed by atoms with van der Waals surface area (Å²) in [5.41, 5.74) is -0.365. The molecule has 0 aromatic heterocycles. The number of benzene rings is 4. The van der Waals surface area contributed by atoms with Crippen molar-refractivity contribution in [2.75, 3.05) is 0 Å². The minimum absolute atomic E-state index is 0.0187. The molecule has 0 amide bonds. The summed E-state index contributed by atoms with van der Waals surface area (Å²) in [7, 11) is -3.99. The lowest BCUT2D eigenvalue weighted by atomic mass is 10.2. The third-order valence-corrected chi connectivity index (χ3v) is 6.39. The van der Waals surface area contributed by atoms with Gasteiger partial charge in [0.15, 0.2) is 0 Å². The van der Waals surface area contributed by atoms with Crippen LogP contribution in [0.4, 0.5) is 0 Å². The van der Waals surface area contributed by atoms with Crippen LogP contribution >= 0.6 is 0 Å². The summed E-state index contributed by atoms with van der Waals surface area (Å²) in [5.74, 6) is 0.588.